The normalized spacial score (nSPS) is 10.9. The highest BCUT2D eigenvalue weighted by Crippen LogP contribution is 2.23. The third-order valence-electron chi connectivity index (χ3n) is 2.89. The Kier molecular flexibility index (Phi) is 3.19. The van der Waals surface area contributed by atoms with Crippen molar-refractivity contribution in [2.45, 2.75) is 6.42 Å². The molecule has 0 radical (unpaired) electrons. The summed E-state index contributed by atoms with van der Waals surface area (Å²) in [5, 5.41) is 4.78. The van der Waals surface area contributed by atoms with Gasteiger partial charge in [-0.25, -0.2) is 14.5 Å². The Morgan fingerprint density at radius 1 is 1.38 bits per heavy atom. The number of carbonyl (C=O) groups is 1. The molecule has 21 heavy (non-hydrogen) atoms. The van der Waals surface area contributed by atoms with Gasteiger partial charge in [0.05, 0.1) is 29.0 Å². The second-order valence-electron chi connectivity index (χ2n) is 4.49. The third-order valence-corrected chi connectivity index (χ3v) is 3.19. The molecule has 1 amide bonds. The van der Waals surface area contributed by atoms with Crippen molar-refractivity contribution in [2.75, 3.05) is 5.73 Å². The van der Waals surface area contributed by atoms with Crippen LogP contribution in [0.3, 0.4) is 0 Å². The molecular weight excluding hydrogens is 292 g/mol. The maximum absolute atomic E-state index is 10.9. The molecular formula is C13H11ClN6O. The van der Waals surface area contributed by atoms with Crippen LogP contribution in [0.15, 0.2) is 30.6 Å². The molecule has 0 aliphatic rings. The van der Waals surface area contributed by atoms with Crippen molar-refractivity contribution >= 4 is 29.0 Å². The predicted octanol–water partition coefficient (Wildman–Crippen LogP) is 1.05. The molecule has 0 aliphatic carbocycles. The SMILES string of the molecule is NC(=O)Cc1cn2nc(-c3cnc(N)c(Cl)c3)ccc2n1. The van der Waals surface area contributed by atoms with Gasteiger partial charge < -0.3 is 11.5 Å². The fraction of sp³-hybridized carbons (Fsp3) is 0.0769. The van der Waals surface area contributed by atoms with E-state index in [9.17, 15) is 4.79 Å². The Balaban J connectivity index is 2.03. The summed E-state index contributed by atoms with van der Waals surface area (Å²) >= 11 is 5.96. The first-order valence-corrected chi connectivity index (χ1v) is 6.46. The fourth-order valence-electron chi connectivity index (χ4n) is 1.94. The first kappa shape index (κ1) is 13.3. The molecule has 0 spiro atoms. The van der Waals surface area contributed by atoms with Crippen LogP contribution in [0.5, 0.6) is 0 Å². The minimum absolute atomic E-state index is 0.0773. The number of pyridine rings is 1. The summed E-state index contributed by atoms with van der Waals surface area (Å²) in [4.78, 5) is 19.2. The van der Waals surface area contributed by atoms with Crippen molar-refractivity contribution in [1.29, 1.82) is 0 Å². The lowest BCUT2D eigenvalue weighted by Gasteiger charge is -2.03. The van der Waals surface area contributed by atoms with Crippen LogP contribution < -0.4 is 11.5 Å². The van der Waals surface area contributed by atoms with Gasteiger partial charge in [-0.1, -0.05) is 11.6 Å². The van der Waals surface area contributed by atoms with Gasteiger partial charge in [0.2, 0.25) is 5.91 Å². The second-order valence-corrected chi connectivity index (χ2v) is 4.89. The van der Waals surface area contributed by atoms with Gasteiger partial charge in [0.15, 0.2) is 5.65 Å². The van der Waals surface area contributed by atoms with Crippen LogP contribution in [-0.2, 0) is 11.2 Å². The molecule has 0 saturated heterocycles. The number of amides is 1. The van der Waals surface area contributed by atoms with E-state index in [1.54, 1.807) is 35.1 Å². The molecule has 0 atom stereocenters. The monoisotopic (exact) mass is 302 g/mol. The minimum Gasteiger partial charge on any atom is -0.382 e. The van der Waals surface area contributed by atoms with E-state index in [1.807, 2.05) is 0 Å². The quantitative estimate of drug-likeness (QED) is 0.751. The van der Waals surface area contributed by atoms with Gasteiger partial charge in [0.1, 0.15) is 5.82 Å². The van der Waals surface area contributed by atoms with Crippen LogP contribution in [0, 0.1) is 0 Å². The molecule has 106 valence electrons. The second kappa shape index (κ2) is 5.02. The Morgan fingerprint density at radius 2 is 2.19 bits per heavy atom. The number of anilines is 1. The fourth-order valence-corrected chi connectivity index (χ4v) is 2.10. The summed E-state index contributed by atoms with van der Waals surface area (Å²) in [5.41, 5.74) is 13.3. The molecule has 8 heteroatoms. The summed E-state index contributed by atoms with van der Waals surface area (Å²) in [7, 11) is 0. The summed E-state index contributed by atoms with van der Waals surface area (Å²) in [6.45, 7) is 0. The Hall–Kier alpha value is -2.67. The summed E-state index contributed by atoms with van der Waals surface area (Å²) in [5.74, 6) is -0.166. The van der Waals surface area contributed by atoms with Crippen LogP contribution >= 0.6 is 11.6 Å². The smallest absolute Gasteiger partial charge is 0.223 e. The van der Waals surface area contributed by atoms with Gasteiger partial charge in [-0.3, -0.25) is 4.79 Å². The molecule has 0 unspecified atom stereocenters. The zero-order chi connectivity index (χ0) is 15.0. The van der Waals surface area contributed by atoms with Crippen molar-refractivity contribution < 1.29 is 4.79 Å². The Morgan fingerprint density at radius 3 is 2.90 bits per heavy atom. The molecule has 0 aromatic carbocycles. The van der Waals surface area contributed by atoms with E-state index in [1.165, 1.54) is 0 Å². The van der Waals surface area contributed by atoms with E-state index >= 15 is 0 Å². The van der Waals surface area contributed by atoms with Gasteiger partial charge in [-0.2, -0.15) is 5.10 Å². The Labute approximate surface area is 124 Å². The number of nitrogens with zero attached hydrogens (tertiary/aromatic N) is 4. The van der Waals surface area contributed by atoms with Crippen LogP contribution in [0.25, 0.3) is 16.9 Å². The van der Waals surface area contributed by atoms with Gasteiger partial charge in [0, 0.05) is 11.8 Å². The van der Waals surface area contributed by atoms with E-state index in [0.29, 0.717) is 22.1 Å². The van der Waals surface area contributed by atoms with E-state index < -0.39 is 5.91 Å². The number of hydrogen-bond acceptors (Lipinski definition) is 5. The lowest BCUT2D eigenvalue weighted by atomic mass is 10.2. The summed E-state index contributed by atoms with van der Waals surface area (Å²) < 4.78 is 1.58. The molecule has 3 aromatic rings. The van der Waals surface area contributed by atoms with Crippen molar-refractivity contribution in [3.8, 4) is 11.3 Å². The zero-order valence-corrected chi connectivity index (χ0v) is 11.6. The molecule has 0 aliphatic heterocycles. The van der Waals surface area contributed by atoms with Crippen LogP contribution in [0.1, 0.15) is 5.69 Å². The van der Waals surface area contributed by atoms with E-state index in [4.69, 9.17) is 23.1 Å². The highest BCUT2D eigenvalue weighted by molar-refractivity contribution is 6.33. The van der Waals surface area contributed by atoms with E-state index in [-0.39, 0.29) is 12.2 Å². The van der Waals surface area contributed by atoms with Crippen molar-refractivity contribution in [3.63, 3.8) is 0 Å². The number of imidazole rings is 1. The minimum atomic E-state index is -0.437. The number of nitrogens with two attached hydrogens (primary N) is 2. The predicted molar refractivity (Wildman–Crippen MR) is 78.5 cm³/mol. The average molecular weight is 303 g/mol. The third kappa shape index (κ3) is 2.63. The molecule has 3 rings (SSSR count). The van der Waals surface area contributed by atoms with Crippen LogP contribution in [0.4, 0.5) is 5.82 Å². The van der Waals surface area contributed by atoms with Crippen molar-refractivity contribution in [2.24, 2.45) is 5.73 Å². The lowest BCUT2D eigenvalue weighted by Crippen LogP contribution is -2.13. The molecule has 0 bridgehead atoms. The lowest BCUT2D eigenvalue weighted by molar-refractivity contribution is -0.117. The number of primary amides is 1. The number of nitrogen functional groups attached to an aromatic ring is 1. The number of halogens is 1. The molecule has 4 N–H and O–H groups in total. The van der Waals surface area contributed by atoms with Crippen molar-refractivity contribution in [3.05, 3.63) is 41.3 Å². The molecule has 3 aromatic heterocycles. The van der Waals surface area contributed by atoms with Crippen molar-refractivity contribution in [1.82, 2.24) is 19.6 Å². The topological polar surface area (TPSA) is 112 Å². The van der Waals surface area contributed by atoms with E-state index in [2.05, 4.69) is 15.1 Å². The highest BCUT2D eigenvalue weighted by atomic mass is 35.5. The standard InChI is InChI=1S/C13H11ClN6O/c14-9-3-7(5-17-13(9)16)10-1-2-12-18-8(4-11(15)21)6-20(12)19-10/h1-3,5-6H,4H2,(H2,15,21)(H2,16,17). The number of fused-ring (bicyclic) bond motifs is 1. The molecule has 3 heterocycles. The number of rotatable bonds is 3. The maximum Gasteiger partial charge on any atom is 0.223 e. The molecule has 0 fully saturated rings. The van der Waals surface area contributed by atoms with Gasteiger partial charge in [0.25, 0.3) is 0 Å². The maximum atomic E-state index is 10.9. The summed E-state index contributed by atoms with van der Waals surface area (Å²) in [6.07, 6.45) is 3.33. The van der Waals surface area contributed by atoms with Gasteiger partial charge in [-0.05, 0) is 18.2 Å². The van der Waals surface area contributed by atoms with Crippen LogP contribution in [-0.4, -0.2) is 25.5 Å². The number of carbonyl (C=O) groups excluding carboxylic acids is 1. The van der Waals surface area contributed by atoms with E-state index in [0.717, 1.165) is 5.56 Å². The zero-order valence-electron chi connectivity index (χ0n) is 10.8. The first-order valence-electron chi connectivity index (χ1n) is 6.08. The number of aromatic nitrogens is 4. The number of hydrogen-bond donors (Lipinski definition) is 2. The van der Waals surface area contributed by atoms with Gasteiger partial charge in [-0.15, -0.1) is 0 Å². The highest BCUT2D eigenvalue weighted by Gasteiger charge is 2.08. The molecule has 0 saturated carbocycles. The average Bonchev–Trinajstić information content (AvgIpc) is 2.82. The Bertz CT molecular complexity index is 844. The largest absolute Gasteiger partial charge is 0.382 e. The summed E-state index contributed by atoms with van der Waals surface area (Å²) in [6, 6.07) is 5.27. The first-order chi connectivity index (χ1) is 10.0. The molecule has 7 nitrogen and oxygen atoms in total. The van der Waals surface area contributed by atoms with Gasteiger partial charge >= 0.3 is 0 Å². The van der Waals surface area contributed by atoms with Crippen LogP contribution in [0.2, 0.25) is 5.02 Å².